The van der Waals surface area contributed by atoms with E-state index in [0.29, 0.717) is 0 Å². The lowest BCUT2D eigenvalue weighted by Crippen LogP contribution is -2.36. The second kappa shape index (κ2) is 7.53. The van der Waals surface area contributed by atoms with Crippen molar-refractivity contribution in [2.24, 2.45) is 0 Å². The monoisotopic (exact) mass is 282 g/mol. The molecular formula is C19H26N2. The number of rotatable bonds is 7. The maximum atomic E-state index is 4.24. The van der Waals surface area contributed by atoms with Gasteiger partial charge in [0, 0.05) is 33.9 Å². The first-order valence-electron chi connectivity index (χ1n) is 7.18. The number of hydrogen-bond acceptors (Lipinski definition) is 1. The highest BCUT2D eigenvalue weighted by atomic mass is 15.0. The summed E-state index contributed by atoms with van der Waals surface area (Å²) in [6.45, 7) is 22.2. The zero-order valence-corrected chi connectivity index (χ0v) is 13.3. The van der Waals surface area contributed by atoms with Crippen LogP contribution in [-0.2, 0) is 0 Å². The van der Waals surface area contributed by atoms with Crippen LogP contribution in [0.5, 0.6) is 0 Å². The summed E-state index contributed by atoms with van der Waals surface area (Å²) < 4.78 is 2.16. The third-order valence-electron chi connectivity index (χ3n) is 3.75. The third kappa shape index (κ3) is 3.27. The van der Waals surface area contributed by atoms with E-state index in [0.717, 1.165) is 39.7 Å². The molecule has 0 radical (unpaired) electrons. The van der Waals surface area contributed by atoms with Crippen LogP contribution >= 0.6 is 0 Å². The molecule has 0 spiro atoms. The molecule has 2 nitrogen and oxygen atoms in total. The second-order valence-electron chi connectivity index (χ2n) is 4.94. The Morgan fingerprint density at radius 3 is 2.33 bits per heavy atom. The molecule has 1 heterocycles. The molecule has 0 fully saturated rings. The zero-order valence-electron chi connectivity index (χ0n) is 13.3. The molecule has 0 saturated carbocycles. The van der Waals surface area contributed by atoms with Crippen LogP contribution in [0.1, 0.15) is 25.8 Å². The van der Waals surface area contributed by atoms with Crippen molar-refractivity contribution in [2.75, 3.05) is 7.05 Å². The van der Waals surface area contributed by atoms with E-state index in [1.54, 1.807) is 6.08 Å². The minimum absolute atomic E-state index is 0.110. The first-order chi connectivity index (χ1) is 10.0. The Morgan fingerprint density at radius 1 is 1.24 bits per heavy atom. The molecule has 112 valence electrons. The minimum Gasteiger partial charge on any atom is -0.390 e. The minimum atomic E-state index is 0.110. The highest BCUT2D eigenvalue weighted by Gasteiger charge is 2.15. The molecule has 2 heteroatoms. The number of aromatic nitrogens is 1. The SMILES string of the molecule is C=C/C=c1/c(=C)n(C(CCC=C)C(=C)NC)c(=C)/c1=C/C. The van der Waals surface area contributed by atoms with Crippen molar-refractivity contribution in [3.05, 3.63) is 58.7 Å². The lowest BCUT2D eigenvalue weighted by molar-refractivity contribution is 0.496. The van der Waals surface area contributed by atoms with Crippen LogP contribution in [0.25, 0.3) is 25.3 Å². The van der Waals surface area contributed by atoms with Gasteiger partial charge < -0.3 is 9.88 Å². The van der Waals surface area contributed by atoms with Crippen molar-refractivity contribution in [2.45, 2.75) is 25.8 Å². The van der Waals surface area contributed by atoms with Gasteiger partial charge in [0.2, 0.25) is 0 Å². The third-order valence-corrected chi connectivity index (χ3v) is 3.75. The molecular weight excluding hydrogens is 256 g/mol. The zero-order chi connectivity index (χ0) is 16.0. The van der Waals surface area contributed by atoms with Gasteiger partial charge >= 0.3 is 0 Å². The molecule has 0 aliphatic heterocycles. The van der Waals surface area contributed by atoms with Crippen LogP contribution in [0.2, 0.25) is 0 Å². The van der Waals surface area contributed by atoms with E-state index in [-0.39, 0.29) is 6.04 Å². The second-order valence-corrected chi connectivity index (χ2v) is 4.94. The van der Waals surface area contributed by atoms with E-state index in [2.05, 4.69) is 48.9 Å². The Labute approximate surface area is 127 Å². The van der Waals surface area contributed by atoms with Gasteiger partial charge in [-0.1, -0.05) is 50.6 Å². The van der Waals surface area contributed by atoms with Crippen molar-refractivity contribution >= 4 is 25.3 Å². The topological polar surface area (TPSA) is 17.0 Å². The van der Waals surface area contributed by atoms with Gasteiger partial charge in [-0.05, 0) is 19.8 Å². The van der Waals surface area contributed by atoms with Gasteiger partial charge in [-0.15, -0.1) is 6.58 Å². The maximum Gasteiger partial charge on any atom is 0.0734 e. The van der Waals surface area contributed by atoms with Crippen molar-refractivity contribution in [3.63, 3.8) is 0 Å². The number of nitrogens with one attached hydrogen (secondary N) is 1. The molecule has 1 unspecified atom stereocenters. The Balaban J connectivity index is 3.69. The van der Waals surface area contributed by atoms with E-state index in [1.807, 2.05) is 26.1 Å². The largest absolute Gasteiger partial charge is 0.390 e. The first kappa shape index (κ1) is 16.8. The molecule has 0 aliphatic carbocycles. The first-order valence-corrected chi connectivity index (χ1v) is 7.18. The molecule has 0 aliphatic rings. The summed E-state index contributed by atoms with van der Waals surface area (Å²) >= 11 is 0. The fourth-order valence-corrected chi connectivity index (χ4v) is 2.64. The van der Waals surface area contributed by atoms with E-state index in [1.165, 1.54) is 0 Å². The van der Waals surface area contributed by atoms with Crippen molar-refractivity contribution < 1.29 is 0 Å². The van der Waals surface area contributed by atoms with Gasteiger partial charge in [-0.2, -0.15) is 0 Å². The van der Waals surface area contributed by atoms with E-state index in [4.69, 9.17) is 0 Å². The van der Waals surface area contributed by atoms with Gasteiger partial charge in [-0.3, -0.25) is 0 Å². The molecule has 1 rings (SSSR count). The maximum absolute atomic E-state index is 4.24. The van der Waals surface area contributed by atoms with E-state index in [9.17, 15) is 0 Å². The van der Waals surface area contributed by atoms with Crippen LogP contribution < -0.4 is 26.5 Å². The summed E-state index contributed by atoms with van der Waals surface area (Å²) in [6, 6.07) is 0.110. The Morgan fingerprint density at radius 2 is 1.86 bits per heavy atom. The van der Waals surface area contributed by atoms with Gasteiger partial charge in [0.25, 0.3) is 0 Å². The van der Waals surface area contributed by atoms with Crippen molar-refractivity contribution in [1.29, 1.82) is 0 Å². The molecule has 1 atom stereocenters. The smallest absolute Gasteiger partial charge is 0.0734 e. The van der Waals surface area contributed by atoms with Gasteiger partial charge in [0.05, 0.1) is 6.04 Å². The molecule has 0 aromatic carbocycles. The van der Waals surface area contributed by atoms with Gasteiger partial charge in [0.15, 0.2) is 0 Å². The molecule has 0 amide bonds. The highest BCUT2D eigenvalue weighted by molar-refractivity contribution is 5.39. The molecule has 0 bridgehead atoms. The normalized spacial score (nSPS) is 14.0. The fourth-order valence-electron chi connectivity index (χ4n) is 2.64. The average molecular weight is 282 g/mol. The summed E-state index contributed by atoms with van der Waals surface area (Å²) in [5.41, 5.74) is 0.953. The van der Waals surface area contributed by atoms with E-state index < -0.39 is 0 Å². The van der Waals surface area contributed by atoms with Crippen LogP contribution in [0.4, 0.5) is 0 Å². The summed E-state index contributed by atoms with van der Waals surface area (Å²) in [7, 11) is 1.89. The Kier molecular flexibility index (Phi) is 6.04. The van der Waals surface area contributed by atoms with Crippen molar-refractivity contribution in [1.82, 2.24) is 9.88 Å². The summed E-state index contributed by atoms with van der Waals surface area (Å²) in [5, 5.41) is 7.24. The summed E-state index contributed by atoms with van der Waals surface area (Å²) in [4.78, 5) is 0. The molecule has 21 heavy (non-hydrogen) atoms. The van der Waals surface area contributed by atoms with Crippen molar-refractivity contribution in [3.8, 4) is 0 Å². The number of allylic oxidation sites excluding steroid dienone is 3. The molecule has 1 aromatic heterocycles. The Bertz CT molecular complexity index is 747. The lowest BCUT2D eigenvalue weighted by atomic mass is 10.1. The number of hydrogen-bond donors (Lipinski definition) is 1. The van der Waals surface area contributed by atoms with Gasteiger partial charge in [0.1, 0.15) is 0 Å². The lowest BCUT2D eigenvalue weighted by Gasteiger charge is -2.22. The summed E-state index contributed by atoms with van der Waals surface area (Å²) in [5.74, 6) is 0. The van der Waals surface area contributed by atoms with Crippen LogP contribution in [0.15, 0.2) is 37.6 Å². The van der Waals surface area contributed by atoms with Gasteiger partial charge in [-0.25, -0.2) is 0 Å². The molecule has 1 N–H and O–H groups in total. The molecule has 1 aromatic rings. The number of likely N-dealkylation sites (N-methyl/N-ethyl adjacent to an activating group) is 1. The van der Waals surface area contributed by atoms with Crippen LogP contribution in [-0.4, -0.2) is 11.6 Å². The Hall–Kier alpha value is -2.22. The predicted octanol–water partition coefficient (Wildman–Crippen LogP) is 1.32. The predicted molar refractivity (Wildman–Crippen MR) is 95.4 cm³/mol. The molecule has 0 saturated heterocycles. The average Bonchev–Trinajstić information content (AvgIpc) is 2.71. The summed E-state index contributed by atoms with van der Waals surface area (Å²) in [6.07, 6.45) is 9.58. The van der Waals surface area contributed by atoms with Crippen LogP contribution in [0.3, 0.4) is 0 Å². The number of nitrogens with zero attached hydrogens (tertiary/aromatic N) is 1. The fraction of sp³-hybridized carbons (Fsp3) is 0.263. The standard InChI is InChI=1S/C19H26N2/c1-8-11-13-19(14(4)20-7)21-15(5)17(10-3)18(12-9-2)16(21)6/h8-10,12,19-20H,1-2,4-6,11,13H2,3,7H3/b17-10-,18-12-. The highest BCUT2D eigenvalue weighted by Crippen LogP contribution is 2.16. The van der Waals surface area contributed by atoms with Crippen LogP contribution in [0, 0.1) is 0 Å². The van der Waals surface area contributed by atoms with E-state index >= 15 is 0 Å². The quantitative estimate of drug-likeness (QED) is 0.746.